The molecule has 1 aliphatic carbocycles. The zero-order valence-electron chi connectivity index (χ0n) is 18.9. The molecule has 0 saturated carbocycles. The normalized spacial score (nSPS) is 15.6. The van der Waals surface area contributed by atoms with Gasteiger partial charge in [-0.3, -0.25) is 9.40 Å². The molecule has 0 radical (unpaired) electrons. The van der Waals surface area contributed by atoms with Crippen LogP contribution in [0.2, 0.25) is 0 Å². The minimum Gasteiger partial charge on any atom is -0.268 e. The molecule has 5 rings (SSSR count). The summed E-state index contributed by atoms with van der Waals surface area (Å²) in [5.74, 6) is -0.985. The lowest BCUT2D eigenvalue weighted by Crippen LogP contribution is -2.14. The van der Waals surface area contributed by atoms with E-state index in [1.807, 2.05) is 0 Å². The molecule has 36 heavy (non-hydrogen) atoms. The molecule has 0 bridgehead atoms. The highest BCUT2D eigenvalue weighted by atomic mass is 32.2. The molecule has 4 aromatic rings. The van der Waals surface area contributed by atoms with Crippen LogP contribution in [0, 0.1) is 5.82 Å². The molecule has 1 N–H and O–H groups in total. The fraction of sp³-hybridized carbons (Fsp3) is 0.200. The molecule has 11 heteroatoms. The molecule has 186 valence electrons. The van der Waals surface area contributed by atoms with E-state index >= 15 is 0 Å². The highest BCUT2D eigenvalue weighted by Gasteiger charge is 2.34. The number of aryl methyl sites for hydroxylation is 2. The van der Waals surface area contributed by atoms with Crippen molar-refractivity contribution in [2.45, 2.75) is 29.8 Å². The molecular formula is C25H20F4N4O2S. The number of halogens is 4. The Bertz CT molecular complexity index is 1560. The Labute approximate surface area is 204 Å². The van der Waals surface area contributed by atoms with Crippen LogP contribution in [0.15, 0.2) is 71.9 Å². The van der Waals surface area contributed by atoms with Gasteiger partial charge in [-0.2, -0.15) is 18.3 Å². The maximum Gasteiger partial charge on any atom is 0.416 e. The van der Waals surface area contributed by atoms with Gasteiger partial charge >= 0.3 is 6.18 Å². The summed E-state index contributed by atoms with van der Waals surface area (Å²) >= 11 is 0. The Morgan fingerprint density at radius 3 is 2.47 bits per heavy atom. The fourth-order valence-corrected chi connectivity index (χ4v) is 5.69. The number of nitrogens with zero attached hydrogens (tertiary/aromatic N) is 3. The van der Waals surface area contributed by atoms with Crippen LogP contribution in [0.4, 0.5) is 23.4 Å². The van der Waals surface area contributed by atoms with Gasteiger partial charge in [-0.05, 0) is 65.9 Å². The number of benzene rings is 2. The highest BCUT2D eigenvalue weighted by molar-refractivity contribution is 7.92. The molecule has 0 unspecified atom stereocenters. The van der Waals surface area contributed by atoms with Gasteiger partial charge in [0.1, 0.15) is 11.6 Å². The molecule has 1 atom stereocenters. The topological polar surface area (TPSA) is 76.9 Å². The van der Waals surface area contributed by atoms with Gasteiger partial charge in [-0.15, -0.1) is 0 Å². The van der Waals surface area contributed by atoms with Crippen molar-refractivity contribution in [3.05, 3.63) is 95.1 Å². The molecule has 0 saturated heterocycles. The van der Waals surface area contributed by atoms with E-state index in [-0.39, 0.29) is 16.6 Å². The second-order valence-corrected chi connectivity index (χ2v) is 10.2. The predicted octanol–water partition coefficient (Wildman–Crippen LogP) is 5.52. The van der Waals surface area contributed by atoms with Gasteiger partial charge in [0.05, 0.1) is 16.2 Å². The SMILES string of the molecule is Cn1nccc1-c1cc(C(F)(F)F)ccc1[C@H]1CCc2cc(S(=O)(=O)Nc3cc(F)ccn3)ccc21. The highest BCUT2D eigenvalue weighted by Crippen LogP contribution is 2.44. The van der Waals surface area contributed by atoms with Crippen molar-refractivity contribution in [2.24, 2.45) is 7.05 Å². The number of pyridine rings is 1. The van der Waals surface area contributed by atoms with E-state index in [9.17, 15) is 26.0 Å². The average molecular weight is 517 g/mol. The second kappa shape index (κ2) is 8.74. The van der Waals surface area contributed by atoms with Crippen LogP contribution >= 0.6 is 0 Å². The van der Waals surface area contributed by atoms with Crippen LogP contribution in [-0.4, -0.2) is 23.2 Å². The monoisotopic (exact) mass is 516 g/mol. The molecule has 0 fully saturated rings. The number of nitrogens with one attached hydrogen (secondary N) is 1. The predicted molar refractivity (Wildman–Crippen MR) is 125 cm³/mol. The van der Waals surface area contributed by atoms with E-state index in [0.717, 1.165) is 41.6 Å². The Balaban J connectivity index is 1.52. The largest absolute Gasteiger partial charge is 0.416 e. The van der Waals surface area contributed by atoms with E-state index in [4.69, 9.17) is 0 Å². The zero-order chi connectivity index (χ0) is 25.7. The van der Waals surface area contributed by atoms with Crippen molar-refractivity contribution in [1.82, 2.24) is 14.8 Å². The van der Waals surface area contributed by atoms with E-state index in [2.05, 4.69) is 14.8 Å². The Hall–Kier alpha value is -3.73. The Kier molecular flexibility index (Phi) is 5.82. The summed E-state index contributed by atoms with van der Waals surface area (Å²) in [6.45, 7) is 0. The third kappa shape index (κ3) is 4.46. The summed E-state index contributed by atoms with van der Waals surface area (Å²) < 4.78 is 83.4. The van der Waals surface area contributed by atoms with Crippen LogP contribution in [0.25, 0.3) is 11.3 Å². The third-order valence-electron chi connectivity index (χ3n) is 6.32. The molecule has 2 aromatic carbocycles. The van der Waals surface area contributed by atoms with Crippen LogP contribution in [0.5, 0.6) is 0 Å². The second-order valence-electron chi connectivity index (χ2n) is 8.56. The van der Waals surface area contributed by atoms with Crippen molar-refractivity contribution >= 4 is 15.8 Å². The molecule has 2 heterocycles. The first kappa shape index (κ1) is 24.0. The number of fused-ring (bicyclic) bond motifs is 1. The third-order valence-corrected chi connectivity index (χ3v) is 7.67. The van der Waals surface area contributed by atoms with Crippen molar-refractivity contribution in [2.75, 3.05) is 4.72 Å². The van der Waals surface area contributed by atoms with E-state index < -0.39 is 27.6 Å². The van der Waals surface area contributed by atoms with Crippen molar-refractivity contribution in [3.63, 3.8) is 0 Å². The number of alkyl halides is 3. The summed E-state index contributed by atoms with van der Waals surface area (Å²) in [5.41, 5.74) is 2.57. The van der Waals surface area contributed by atoms with E-state index in [1.54, 1.807) is 25.2 Å². The first-order valence-corrected chi connectivity index (χ1v) is 12.5. The standard InChI is InChI=1S/C25H20F4N4O2S/c1-33-23(9-11-31-33)22-13-16(25(27,28)29)3-6-21(22)20-5-2-15-12-18(4-7-19(15)20)36(34,35)32-24-14-17(26)8-10-30-24/h3-4,6-14,20H,2,5H2,1H3,(H,30,32)/t20-/m0/s1. The smallest absolute Gasteiger partial charge is 0.268 e. The Morgan fingerprint density at radius 2 is 1.78 bits per heavy atom. The minimum atomic E-state index is -4.49. The van der Waals surface area contributed by atoms with Gasteiger partial charge in [0.25, 0.3) is 10.0 Å². The van der Waals surface area contributed by atoms with Gasteiger partial charge < -0.3 is 0 Å². The quantitative estimate of drug-likeness (QED) is 0.355. The van der Waals surface area contributed by atoms with Crippen LogP contribution in [0.3, 0.4) is 0 Å². The number of aromatic nitrogens is 3. The lowest BCUT2D eigenvalue weighted by Gasteiger charge is -2.19. The minimum absolute atomic E-state index is 0.00719. The molecule has 2 aromatic heterocycles. The maximum absolute atomic E-state index is 13.5. The summed E-state index contributed by atoms with van der Waals surface area (Å²) in [6.07, 6.45) is -0.655. The van der Waals surface area contributed by atoms with E-state index in [0.29, 0.717) is 29.7 Å². The summed E-state index contributed by atoms with van der Waals surface area (Å²) in [5, 5.41) is 4.11. The summed E-state index contributed by atoms with van der Waals surface area (Å²) in [6, 6.07) is 12.1. The number of hydrogen-bond acceptors (Lipinski definition) is 4. The maximum atomic E-state index is 13.5. The van der Waals surface area contributed by atoms with Gasteiger partial charge in [0.2, 0.25) is 0 Å². The van der Waals surface area contributed by atoms with Crippen molar-refractivity contribution < 1.29 is 26.0 Å². The van der Waals surface area contributed by atoms with Gasteiger partial charge in [-0.1, -0.05) is 12.1 Å². The van der Waals surface area contributed by atoms with E-state index in [1.165, 1.54) is 23.0 Å². The van der Waals surface area contributed by atoms with Gasteiger partial charge in [-0.25, -0.2) is 17.8 Å². The summed E-state index contributed by atoms with van der Waals surface area (Å²) in [4.78, 5) is 3.82. The molecule has 1 aliphatic rings. The van der Waals surface area contributed by atoms with Crippen molar-refractivity contribution in [1.29, 1.82) is 0 Å². The molecular weight excluding hydrogens is 496 g/mol. The van der Waals surface area contributed by atoms with Crippen LogP contribution in [0.1, 0.15) is 34.6 Å². The van der Waals surface area contributed by atoms with Gasteiger partial charge in [0.15, 0.2) is 0 Å². The first-order chi connectivity index (χ1) is 17.0. The summed E-state index contributed by atoms with van der Waals surface area (Å²) in [7, 11) is -2.35. The molecule has 6 nitrogen and oxygen atoms in total. The number of sulfonamides is 1. The fourth-order valence-electron chi connectivity index (χ4n) is 4.64. The molecule has 0 spiro atoms. The molecule has 0 amide bonds. The first-order valence-electron chi connectivity index (χ1n) is 11.0. The zero-order valence-corrected chi connectivity index (χ0v) is 19.7. The molecule has 0 aliphatic heterocycles. The van der Waals surface area contributed by atoms with Crippen LogP contribution < -0.4 is 4.72 Å². The van der Waals surface area contributed by atoms with Gasteiger partial charge in [0, 0.05) is 37.0 Å². The average Bonchev–Trinajstić information content (AvgIpc) is 3.43. The lowest BCUT2D eigenvalue weighted by molar-refractivity contribution is -0.137. The number of anilines is 1. The lowest BCUT2D eigenvalue weighted by atomic mass is 9.87. The number of hydrogen-bond donors (Lipinski definition) is 1. The van der Waals surface area contributed by atoms with Crippen molar-refractivity contribution in [3.8, 4) is 11.3 Å². The Morgan fingerprint density at radius 1 is 1.00 bits per heavy atom. The number of rotatable bonds is 5. The van der Waals surface area contributed by atoms with Crippen LogP contribution in [-0.2, 0) is 29.7 Å².